The van der Waals surface area contributed by atoms with Crippen molar-refractivity contribution in [1.82, 2.24) is 20.1 Å². The molecule has 0 unspecified atom stereocenters. The molecular weight excluding hydrogens is 497 g/mol. The molecule has 0 radical (unpaired) electrons. The van der Waals surface area contributed by atoms with Crippen molar-refractivity contribution < 1.29 is 23.5 Å². The van der Waals surface area contributed by atoms with Gasteiger partial charge in [-0.2, -0.15) is 0 Å². The number of benzene rings is 2. The molecule has 0 fully saturated rings. The zero-order chi connectivity index (χ0) is 25.5. The Balaban J connectivity index is 1.56. The number of rotatable bonds is 9. The van der Waals surface area contributed by atoms with Crippen molar-refractivity contribution >= 4 is 46.8 Å². The fourth-order valence-electron chi connectivity index (χ4n) is 2.87. The Morgan fingerprint density at radius 3 is 2.63 bits per heavy atom. The minimum atomic E-state index is -0.618. The molecule has 2 N–H and O–H groups in total. The van der Waals surface area contributed by atoms with Crippen LogP contribution < -0.4 is 10.6 Å². The van der Waals surface area contributed by atoms with Gasteiger partial charge in [-0.15, -0.1) is 10.2 Å². The summed E-state index contributed by atoms with van der Waals surface area (Å²) >= 11 is 7.28. The van der Waals surface area contributed by atoms with E-state index in [-0.39, 0.29) is 46.1 Å². The lowest BCUT2D eigenvalue weighted by atomic mass is 10.2. The first-order chi connectivity index (χ1) is 16.7. The van der Waals surface area contributed by atoms with Crippen LogP contribution in [0.25, 0.3) is 0 Å². The van der Waals surface area contributed by atoms with Crippen LogP contribution in [0, 0.1) is 5.82 Å². The zero-order valence-corrected chi connectivity index (χ0v) is 20.7. The van der Waals surface area contributed by atoms with Crippen molar-refractivity contribution in [2.45, 2.75) is 31.7 Å². The third-order valence-electron chi connectivity index (χ3n) is 4.60. The number of carbonyl (C=O) groups is 3. The van der Waals surface area contributed by atoms with E-state index >= 15 is 0 Å². The van der Waals surface area contributed by atoms with Crippen LogP contribution in [0.15, 0.2) is 47.6 Å². The van der Waals surface area contributed by atoms with Gasteiger partial charge < -0.3 is 19.9 Å². The van der Waals surface area contributed by atoms with Gasteiger partial charge in [0.2, 0.25) is 5.91 Å². The molecule has 0 spiro atoms. The van der Waals surface area contributed by atoms with Crippen LogP contribution in [-0.4, -0.2) is 44.4 Å². The van der Waals surface area contributed by atoms with E-state index in [4.69, 9.17) is 16.3 Å². The third-order valence-corrected chi connectivity index (χ3v) is 5.95. The number of nitrogens with one attached hydrogen (secondary N) is 2. The topological polar surface area (TPSA) is 115 Å². The van der Waals surface area contributed by atoms with Crippen molar-refractivity contribution in [2.75, 3.05) is 11.1 Å². The van der Waals surface area contributed by atoms with Gasteiger partial charge in [-0.25, -0.2) is 9.18 Å². The standard InChI is InChI=1S/C23H23ClFN5O4S/c1-13(2)34-22(33)14-8-9-16(24)18(10-14)27-20(31)12-35-23-29-28-19(30(23)3)11-26-21(32)15-6-4-5-7-17(15)25/h4-10,13H,11-12H2,1-3H3,(H,26,32)(H,27,31). The second kappa shape index (κ2) is 11.8. The molecule has 3 aromatic rings. The molecule has 0 atom stereocenters. The molecule has 0 bridgehead atoms. The number of thioether (sulfide) groups is 1. The molecule has 12 heteroatoms. The summed E-state index contributed by atoms with van der Waals surface area (Å²) in [6, 6.07) is 10.1. The maximum Gasteiger partial charge on any atom is 0.338 e. The Morgan fingerprint density at radius 2 is 1.91 bits per heavy atom. The van der Waals surface area contributed by atoms with Gasteiger partial charge in [0, 0.05) is 7.05 Å². The predicted octanol–water partition coefficient (Wildman–Crippen LogP) is 3.83. The molecule has 1 heterocycles. The van der Waals surface area contributed by atoms with E-state index in [0.717, 1.165) is 11.8 Å². The van der Waals surface area contributed by atoms with Gasteiger partial charge in [0.1, 0.15) is 5.82 Å². The Hall–Kier alpha value is -3.44. The molecule has 2 aromatic carbocycles. The summed E-state index contributed by atoms with van der Waals surface area (Å²) in [5.41, 5.74) is 0.479. The molecular formula is C23H23ClFN5O4S. The summed E-state index contributed by atoms with van der Waals surface area (Å²) in [7, 11) is 1.69. The van der Waals surface area contributed by atoms with E-state index in [2.05, 4.69) is 20.8 Å². The Labute approximate surface area is 210 Å². The third kappa shape index (κ3) is 7.03. The van der Waals surface area contributed by atoms with Gasteiger partial charge >= 0.3 is 5.97 Å². The van der Waals surface area contributed by atoms with Crippen molar-refractivity contribution in [2.24, 2.45) is 7.05 Å². The summed E-state index contributed by atoms with van der Waals surface area (Å²) in [6.07, 6.45) is -0.281. The van der Waals surface area contributed by atoms with E-state index in [1.807, 2.05) is 0 Å². The van der Waals surface area contributed by atoms with E-state index in [9.17, 15) is 18.8 Å². The highest BCUT2D eigenvalue weighted by Gasteiger charge is 2.16. The maximum atomic E-state index is 13.8. The summed E-state index contributed by atoms with van der Waals surface area (Å²) < 4.78 is 20.5. The van der Waals surface area contributed by atoms with Crippen LogP contribution in [0.1, 0.15) is 40.4 Å². The number of hydrogen-bond donors (Lipinski definition) is 2. The van der Waals surface area contributed by atoms with E-state index < -0.39 is 17.7 Å². The van der Waals surface area contributed by atoms with Crippen LogP contribution in [0.4, 0.5) is 10.1 Å². The number of hydrogen-bond acceptors (Lipinski definition) is 7. The average molecular weight is 520 g/mol. The number of carbonyl (C=O) groups excluding carboxylic acids is 3. The molecule has 3 rings (SSSR count). The first-order valence-electron chi connectivity index (χ1n) is 10.5. The molecule has 9 nitrogen and oxygen atoms in total. The summed E-state index contributed by atoms with van der Waals surface area (Å²) in [5.74, 6) is -1.66. The fraction of sp³-hybridized carbons (Fsp3) is 0.261. The van der Waals surface area contributed by atoms with Crippen molar-refractivity contribution in [3.63, 3.8) is 0 Å². The molecule has 1 aromatic heterocycles. The first kappa shape index (κ1) is 26.2. The van der Waals surface area contributed by atoms with Gasteiger partial charge in [0.15, 0.2) is 11.0 Å². The minimum Gasteiger partial charge on any atom is -0.459 e. The van der Waals surface area contributed by atoms with Crippen LogP contribution in [0.5, 0.6) is 0 Å². The number of esters is 1. The lowest BCUT2D eigenvalue weighted by molar-refractivity contribution is -0.113. The van der Waals surface area contributed by atoms with E-state index in [1.165, 1.54) is 36.4 Å². The molecule has 0 aliphatic rings. The lowest BCUT2D eigenvalue weighted by Crippen LogP contribution is -2.25. The number of aromatic nitrogens is 3. The molecule has 0 saturated heterocycles. The van der Waals surface area contributed by atoms with Crippen molar-refractivity contribution in [3.05, 3.63) is 70.3 Å². The van der Waals surface area contributed by atoms with E-state index in [0.29, 0.717) is 11.0 Å². The van der Waals surface area contributed by atoms with Crippen LogP contribution in [0.2, 0.25) is 5.02 Å². The molecule has 2 amide bonds. The normalized spacial score (nSPS) is 10.8. The SMILES string of the molecule is CC(C)OC(=O)c1ccc(Cl)c(NC(=O)CSc2nnc(CNC(=O)c3ccccc3F)n2C)c1. The highest BCUT2D eigenvalue weighted by molar-refractivity contribution is 7.99. The first-order valence-corrected chi connectivity index (χ1v) is 11.9. The smallest absolute Gasteiger partial charge is 0.338 e. The Morgan fingerprint density at radius 1 is 1.17 bits per heavy atom. The second-order valence-corrected chi connectivity index (χ2v) is 8.96. The highest BCUT2D eigenvalue weighted by Crippen LogP contribution is 2.24. The van der Waals surface area contributed by atoms with Gasteiger partial charge in [0.05, 0.1) is 40.2 Å². The lowest BCUT2D eigenvalue weighted by Gasteiger charge is -2.11. The largest absolute Gasteiger partial charge is 0.459 e. The number of anilines is 1. The van der Waals surface area contributed by atoms with Crippen LogP contribution in [-0.2, 0) is 23.1 Å². The van der Waals surface area contributed by atoms with Gasteiger partial charge in [-0.3, -0.25) is 9.59 Å². The summed E-state index contributed by atoms with van der Waals surface area (Å²) in [4.78, 5) is 36.7. The number of halogens is 2. The number of ether oxygens (including phenoxy) is 1. The molecule has 35 heavy (non-hydrogen) atoms. The van der Waals surface area contributed by atoms with Crippen LogP contribution >= 0.6 is 23.4 Å². The second-order valence-electron chi connectivity index (χ2n) is 7.61. The quantitative estimate of drug-likeness (QED) is 0.326. The Bertz CT molecular complexity index is 1250. The summed E-state index contributed by atoms with van der Waals surface area (Å²) in [5, 5.41) is 14.0. The maximum absolute atomic E-state index is 13.8. The van der Waals surface area contributed by atoms with Crippen LogP contribution in [0.3, 0.4) is 0 Å². The zero-order valence-electron chi connectivity index (χ0n) is 19.2. The monoisotopic (exact) mass is 519 g/mol. The average Bonchev–Trinajstić information content (AvgIpc) is 3.16. The van der Waals surface area contributed by atoms with Gasteiger partial charge in [0.25, 0.3) is 5.91 Å². The number of nitrogens with zero attached hydrogens (tertiary/aromatic N) is 3. The molecule has 0 saturated carbocycles. The molecule has 0 aliphatic heterocycles. The molecule has 0 aliphatic carbocycles. The minimum absolute atomic E-state index is 0.00937. The molecule has 184 valence electrons. The van der Waals surface area contributed by atoms with Crippen molar-refractivity contribution in [3.8, 4) is 0 Å². The fourth-order valence-corrected chi connectivity index (χ4v) is 3.77. The predicted molar refractivity (Wildman–Crippen MR) is 130 cm³/mol. The highest BCUT2D eigenvalue weighted by atomic mass is 35.5. The Kier molecular flexibility index (Phi) is 8.83. The van der Waals surface area contributed by atoms with Gasteiger partial charge in [-0.1, -0.05) is 35.5 Å². The summed E-state index contributed by atoms with van der Waals surface area (Å²) in [6.45, 7) is 3.50. The van der Waals surface area contributed by atoms with Gasteiger partial charge in [-0.05, 0) is 44.2 Å². The number of amides is 2. The van der Waals surface area contributed by atoms with Crippen molar-refractivity contribution in [1.29, 1.82) is 0 Å². The van der Waals surface area contributed by atoms with E-state index in [1.54, 1.807) is 31.5 Å².